The Kier molecular flexibility index (Phi) is 6.85. The van der Waals surface area contributed by atoms with Crippen LogP contribution in [0.3, 0.4) is 0 Å². The van der Waals surface area contributed by atoms with E-state index >= 15 is 0 Å². The van der Waals surface area contributed by atoms with E-state index in [-0.39, 0.29) is 0 Å². The van der Waals surface area contributed by atoms with Crippen molar-refractivity contribution >= 4 is 46.7 Å². The van der Waals surface area contributed by atoms with Crippen molar-refractivity contribution in [3.8, 4) is 11.3 Å². The second-order valence-electron chi connectivity index (χ2n) is 4.44. The number of nitrogens with zero attached hydrogens (tertiary/aromatic N) is 1. The molecule has 0 saturated carbocycles. The summed E-state index contributed by atoms with van der Waals surface area (Å²) < 4.78 is 10.6. The minimum absolute atomic E-state index is 0.406. The van der Waals surface area contributed by atoms with E-state index in [2.05, 4.69) is 15.8 Å². The molecule has 5 nitrogen and oxygen atoms in total. The monoisotopic (exact) mass is 371 g/mol. The van der Waals surface area contributed by atoms with Crippen molar-refractivity contribution in [2.45, 2.75) is 0 Å². The highest BCUT2D eigenvalue weighted by molar-refractivity contribution is 7.80. The predicted octanol–water partition coefficient (Wildman–Crippen LogP) is 3.70. The van der Waals surface area contributed by atoms with Crippen LogP contribution >= 0.6 is 35.4 Å². The van der Waals surface area contributed by atoms with Gasteiger partial charge in [0.15, 0.2) is 5.11 Å². The summed E-state index contributed by atoms with van der Waals surface area (Å²) in [5.41, 5.74) is 3.41. The molecular formula is C15H15Cl2N3O2S. The molecule has 0 aliphatic heterocycles. The first-order valence-corrected chi connectivity index (χ1v) is 7.87. The van der Waals surface area contributed by atoms with E-state index < -0.39 is 0 Å². The number of benzene rings is 1. The molecule has 2 aromatic rings. The molecule has 0 amide bonds. The molecule has 23 heavy (non-hydrogen) atoms. The molecular weight excluding hydrogens is 357 g/mol. The Bertz CT molecular complexity index is 704. The van der Waals surface area contributed by atoms with Crippen LogP contribution in [-0.2, 0) is 4.74 Å². The SMILES string of the molecule is COCCNC(=S)N/N=C\c1ccc(-c2cc(Cl)ccc2Cl)o1. The van der Waals surface area contributed by atoms with E-state index in [1.165, 1.54) is 6.21 Å². The lowest BCUT2D eigenvalue weighted by Crippen LogP contribution is -2.34. The molecule has 1 aromatic heterocycles. The van der Waals surface area contributed by atoms with Crippen molar-refractivity contribution < 1.29 is 9.15 Å². The third-order valence-corrected chi connectivity index (χ3v) is 3.57. The largest absolute Gasteiger partial charge is 0.455 e. The van der Waals surface area contributed by atoms with Gasteiger partial charge in [-0.05, 0) is 42.5 Å². The topological polar surface area (TPSA) is 58.8 Å². The zero-order valence-corrected chi connectivity index (χ0v) is 14.6. The number of ether oxygens (including phenoxy) is 1. The Morgan fingerprint density at radius 3 is 2.96 bits per heavy atom. The maximum atomic E-state index is 6.15. The maximum absolute atomic E-state index is 6.15. The van der Waals surface area contributed by atoms with Gasteiger partial charge in [0.2, 0.25) is 0 Å². The fourth-order valence-electron chi connectivity index (χ4n) is 1.71. The van der Waals surface area contributed by atoms with E-state index in [9.17, 15) is 0 Å². The lowest BCUT2D eigenvalue weighted by atomic mass is 10.2. The highest BCUT2D eigenvalue weighted by atomic mass is 35.5. The number of halogens is 2. The maximum Gasteiger partial charge on any atom is 0.187 e. The van der Waals surface area contributed by atoms with Crippen LogP contribution in [-0.4, -0.2) is 31.6 Å². The molecule has 0 fully saturated rings. The molecule has 1 aromatic carbocycles. The van der Waals surface area contributed by atoms with Gasteiger partial charge in [-0.25, -0.2) is 0 Å². The Morgan fingerprint density at radius 2 is 2.17 bits per heavy atom. The van der Waals surface area contributed by atoms with Crippen molar-refractivity contribution in [2.24, 2.45) is 5.10 Å². The molecule has 0 aliphatic carbocycles. The van der Waals surface area contributed by atoms with Gasteiger partial charge in [-0.15, -0.1) is 0 Å². The number of methoxy groups -OCH3 is 1. The second-order valence-corrected chi connectivity index (χ2v) is 5.70. The number of furan rings is 1. The van der Waals surface area contributed by atoms with Gasteiger partial charge in [-0.1, -0.05) is 23.2 Å². The van der Waals surface area contributed by atoms with Crippen molar-refractivity contribution in [3.63, 3.8) is 0 Å². The number of hydrogen-bond donors (Lipinski definition) is 2. The minimum atomic E-state index is 0.406. The standard InChI is InChI=1S/C15H15Cl2N3O2S/c1-21-7-6-18-15(23)20-19-9-11-3-5-14(22-11)12-8-10(16)2-4-13(12)17/h2-5,8-9H,6-7H2,1H3,(H2,18,20,23)/b19-9-. The zero-order chi connectivity index (χ0) is 16.7. The van der Waals surface area contributed by atoms with Crippen molar-refractivity contribution in [1.82, 2.24) is 10.7 Å². The lowest BCUT2D eigenvalue weighted by Gasteiger charge is -2.05. The molecule has 0 spiro atoms. The average Bonchev–Trinajstić information content (AvgIpc) is 2.98. The van der Waals surface area contributed by atoms with Gasteiger partial charge < -0.3 is 14.5 Å². The molecule has 0 aliphatic rings. The van der Waals surface area contributed by atoms with Crippen LogP contribution in [0.4, 0.5) is 0 Å². The zero-order valence-electron chi connectivity index (χ0n) is 12.3. The van der Waals surface area contributed by atoms with Gasteiger partial charge in [-0.2, -0.15) is 5.10 Å². The Balaban J connectivity index is 1.96. The average molecular weight is 372 g/mol. The van der Waals surface area contributed by atoms with E-state index in [4.69, 9.17) is 44.6 Å². The van der Waals surface area contributed by atoms with E-state index in [1.54, 1.807) is 37.4 Å². The summed E-state index contributed by atoms with van der Waals surface area (Å²) >= 11 is 17.2. The molecule has 2 N–H and O–H groups in total. The first-order valence-electron chi connectivity index (χ1n) is 6.71. The van der Waals surface area contributed by atoms with Gasteiger partial charge in [0.1, 0.15) is 11.5 Å². The molecule has 8 heteroatoms. The van der Waals surface area contributed by atoms with Gasteiger partial charge in [-0.3, -0.25) is 5.43 Å². The summed E-state index contributed by atoms with van der Waals surface area (Å²) in [6.45, 7) is 1.17. The first kappa shape index (κ1) is 17.7. The van der Waals surface area contributed by atoms with Crippen LogP contribution in [0.25, 0.3) is 11.3 Å². The number of nitrogens with one attached hydrogen (secondary N) is 2. The number of hydrogen-bond acceptors (Lipinski definition) is 4. The van der Waals surface area contributed by atoms with Crippen molar-refractivity contribution in [2.75, 3.05) is 20.3 Å². The Labute approximate surface area is 149 Å². The second kappa shape index (κ2) is 8.88. The molecule has 0 radical (unpaired) electrons. The summed E-state index contributed by atoms with van der Waals surface area (Å²) in [7, 11) is 1.62. The number of hydrazone groups is 1. The van der Waals surface area contributed by atoms with E-state index in [0.717, 1.165) is 5.56 Å². The van der Waals surface area contributed by atoms with Gasteiger partial charge in [0.05, 0.1) is 17.8 Å². The van der Waals surface area contributed by atoms with Crippen LogP contribution in [0.15, 0.2) is 39.9 Å². The normalized spacial score (nSPS) is 10.9. The van der Waals surface area contributed by atoms with Gasteiger partial charge in [0, 0.05) is 24.2 Å². The summed E-state index contributed by atoms with van der Waals surface area (Å²) in [6.07, 6.45) is 1.52. The molecule has 0 atom stereocenters. The first-order chi connectivity index (χ1) is 11.1. The van der Waals surface area contributed by atoms with Crippen molar-refractivity contribution in [1.29, 1.82) is 0 Å². The molecule has 122 valence electrons. The smallest absolute Gasteiger partial charge is 0.187 e. The number of rotatable bonds is 6. The van der Waals surface area contributed by atoms with Crippen LogP contribution < -0.4 is 10.7 Å². The molecule has 1 heterocycles. The highest BCUT2D eigenvalue weighted by Crippen LogP contribution is 2.31. The van der Waals surface area contributed by atoms with Crippen LogP contribution in [0.1, 0.15) is 5.76 Å². The van der Waals surface area contributed by atoms with Crippen molar-refractivity contribution in [3.05, 3.63) is 46.1 Å². The summed E-state index contributed by atoms with van der Waals surface area (Å²) in [5, 5.41) is 8.49. The third-order valence-electron chi connectivity index (χ3n) is 2.77. The molecule has 2 rings (SSSR count). The Morgan fingerprint density at radius 1 is 1.35 bits per heavy atom. The van der Waals surface area contributed by atoms with E-state index in [0.29, 0.717) is 39.8 Å². The lowest BCUT2D eigenvalue weighted by molar-refractivity contribution is 0.204. The summed E-state index contributed by atoms with van der Waals surface area (Å²) in [5.74, 6) is 1.17. The third kappa shape index (κ3) is 5.51. The number of thiocarbonyl (C=S) groups is 1. The quantitative estimate of drug-likeness (QED) is 0.351. The van der Waals surface area contributed by atoms with E-state index in [1.807, 2.05) is 0 Å². The predicted molar refractivity (Wildman–Crippen MR) is 97.4 cm³/mol. The van der Waals surface area contributed by atoms with Crippen LogP contribution in [0, 0.1) is 0 Å². The van der Waals surface area contributed by atoms with Crippen LogP contribution in [0.2, 0.25) is 10.0 Å². The summed E-state index contributed by atoms with van der Waals surface area (Å²) in [4.78, 5) is 0. The van der Waals surface area contributed by atoms with Gasteiger partial charge in [0.25, 0.3) is 0 Å². The summed E-state index contributed by atoms with van der Waals surface area (Å²) in [6, 6.07) is 8.77. The fourth-order valence-corrected chi connectivity index (χ4v) is 2.25. The Hall–Kier alpha value is -1.60. The minimum Gasteiger partial charge on any atom is -0.455 e. The molecule has 0 unspecified atom stereocenters. The van der Waals surface area contributed by atoms with Gasteiger partial charge >= 0.3 is 0 Å². The fraction of sp³-hybridized carbons (Fsp3) is 0.200. The molecule has 0 bridgehead atoms. The van der Waals surface area contributed by atoms with Crippen LogP contribution in [0.5, 0.6) is 0 Å². The molecule has 0 saturated heterocycles. The highest BCUT2D eigenvalue weighted by Gasteiger charge is 2.08.